The van der Waals surface area contributed by atoms with Crippen LogP contribution >= 0.6 is 0 Å². The highest BCUT2D eigenvalue weighted by Crippen LogP contribution is 2.12. The lowest BCUT2D eigenvalue weighted by molar-refractivity contribution is -0.145. The molecule has 0 fully saturated rings. The molecule has 2 aromatic rings. The maximum atomic E-state index is 13.6. The monoisotopic (exact) mass is 742 g/mol. The number of carbonyl (C=O) groups excluding carboxylic acids is 5. The van der Waals surface area contributed by atoms with E-state index in [2.05, 4.69) is 26.6 Å². The molecule has 0 radical (unpaired) electrons. The summed E-state index contributed by atoms with van der Waals surface area (Å²) in [6, 6.07) is 8.56. The van der Waals surface area contributed by atoms with E-state index in [1.165, 1.54) is 19.1 Å². The Bertz CT molecular complexity index is 1530. The molecule has 0 aliphatic heterocycles. The summed E-state index contributed by atoms with van der Waals surface area (Å²) in [5, 5.41) is 41.3. The molecule has 16 heteroatoms. The van der Waals surface area contributed by atoms with Crippen LogP contribution in [0, 0.1) is 5.92 Å². The number of aliphatic carboxylic acids is 1. The number of nitrogens with one attached hydrogen (secondary N) is 5. The predicted octanol–water partition coefficient (Wildman–Crippen LogP) is -0.113. The second-order valence-corrected chi connectivity index (χ2v) is 14.2. The predicted molar refractivity (Wildman–Crippen MR) is 195 cm³/mol. The number of amides is 5. The fourth-order valence-electron chi connectivity index (χ4n) is 4.99. The van der Waals surface area contributed by atoms with E-state index in [-0.39, 0.29) is 37.5 Å². The van der Waals surface area contributed by atoms with Crippen LogP contribution in [0.15, 0.2) is 54.6 Å². The first kappa shape index (κ1) is 44.1. The molecular weight excluding hydrogens is 688 g/mol. The Morgan fingerprint density at radius 1 is 0.736 bits per heavy atom. The molecule has 0 heterocycles. The lowest BCUT2D eigenvalue weighted by Gasteiger charge is -2.27. The summed E-state index contributed by atoms with van der Waals surface area (Å²) in [6.07, 6.45) is -1.17. The Morgan fingerprint density at radius 3 is 1.85 bits per heavy atom. The standard InChI is InChI=1S/C37H54N6O10/c1-21(2)16-27(35(50)43-31(22(3)44)36(51)52)41-34(49)28(18-23-10-8-7-9-11-23)40-30(46)19-39-33(48)29(20-53-37(4,5)6)42-32(47)26(38)17-24-12-14-25(45)15-13-24/h7-15,21-22,26-29,31,44-45H,16-20,38H2,1-6H3,(H,39,48)(H,40,46)(H,41,49)(H,42,47)(H,43,50)(H,51,52)/t22?,26-,27-,28-,29+,31-/m0/s1. The first-order valence-electron chi connectivity index (χ1n) is 17.4. The van der Waals surface area contributed by atoms with Gasteiger partial charge in [-0.15, -0.1) is 0 Å². The molecule has 2 rings (SSSR count). The third-order valence-electron chi connectivity index (χ3n) is 7.79. The third-order valence-corrected chi connectivity index (χ3v) is 7.79. The number of carboxylic acids is 1. The highest BCUT2D eigenvalue weighted by molar-refractivity contribution is 5.95. The van der Waals surface area contributed by atoms with Gasteiger partial charge in [0.25, 0.3) is 0 Å². The molecule has 2 aromatic carbocycles. The van der Waals surface area contributed by atoms with Crippen LogP contribution in [0.5, 0.6) is 5.75 Å². The number of hydrogen-bond donors (Lipinski definition) is 9. The van der Waals surface area contributed by atoms with E-state index in [0.717, 1.165) is 0 Å². The first-order chi connectivity index (χ1) is 24.7. The van der Waals surface area contributed by atoms with Crippen LogP contribution in [0.3, 0.4) is 0 Å². The number of carbonyl (C=O) groups is 6. The van der Waals surface area contributed by atoms with Gasteiger partial charge in [-0.25, -0.2) is 4.79 Å². The molecule has 0 aromatic heterocycles. The molecule has 16 nitrogen and oxygen atoms in total. The molecule has 10 N–H and O–H groups in total. The van der Waals surface area contributed by atoms with Crippen molar-refractivity contribution >= 4 is 35.5 Å². The van der Waals surface area contributed by atoms with E-state index in [0.29, 0.717) is 11.1 Å². The number of phenols is 1. The summed E-state index contributed by atoms with van der Waals surface area (Å²) in [5.74, 6) is -5.25. The van der Waals surface area contributed by atoms with E-state index < -0.39 is 84.0 Å². The Labute approximate surface area is 309 Å². The van der Waals surface area contributed by atoms with Gasteiger partial charge in [0.1, 0.15) is 23.9 Å². The summed E-state index contributed by atoms with van der Waals surface area (Å²) >= 11 is 0. The molecule has 0 saturated carbocycles. The van der Waals surface area contributed by atoms with Crippen molar-refractivity contribution in [2.75, 3.05) is 13.2 Å². The van der Waals surface area contributed by atoms with Crippen molar-refractivity contribution in [2.24, 2.45) is 11.7 Å². The molecule has 0 aliphatic rings. The molecule has 5 amide bonds. The zero-order valence-corrected chi connectivity index (χ0v) is 31.0. The van der Waals surface area contributed by atoms with Gasteiger partial charge in [0.05, 0.1) is 30.9 Å². The number of ether oxygens (including phenoxy) is 1. The van der Waals surface area contributed by atoms with Gasteiger partial charge in [0.15, 0.2) is 6.04 Å². The maximum absolute atomic E-state index is 13.6. The average molecular weight is 743 g/mol. The number of hydrogen-bond acceptors (Lipinski definition) is 10. The molecule has 6 atom stereocenters. The van der Waals surface area contributed by atoms with E-state index in [1.54, 1.807) is 77.1 Å². The maximum Gasteiger partial charge on any atom is 0.328 e. The van der Waals surface area contributed by atoms with Crippen molar-refractivity contribution in [3.8, 4) is 5.75 Å². The van der Waals surface area contributed by atoms with Gasteiger partial charge in [-0.2, -0.15) is 0 Å². The van der Waals surface area contributed by atoms with E-state index >= 15 is 0 Å². The van der Waals surface area contributed by atoms with Crippen LogP contribution in [0.25, 0.3) is 0 Å². The van der Waals surface area contributed by atoms with Crippen molar-refractivity contribution in [2.45, 2.75) is 103 Å². The van der Waals surface area contributed by atoms with Gasteiger partial charge in [-0.3, -0.25) is 24.0 Å². The lowest BCUT2D eigenvalue weighted by atomic mass is 10.0. The minimum absolute atomic E-state index is 0.00479. The number of carboxylic acid groups (broad SMARTS) is 1. The highest BCUT2D eigenvalue weighted by Gasteiger charge is 2.32. The van der Waals surface area contributed by atoms with Crippen molar-refractivity contribution < 1.29 is 48.8 Å². The second kappa shape index (κ2) is 20.8. The Kier molecular flexibility index (Phi) is 17.3. The number of aromatic hydroxyl groups is 1. The van der Waals surface area contributed by atoms with Crippen LogP contribution in [0.4, 0.5) is 0 Å². The molecule has 1 unspecified atom stereocenters. The van der Waals surface area contributed by atoms with Gasteiger partial charge >= 0.3 is 5.97 Å². The molecular formula is C37H54N6O10. The smallest absolute Gasteiger partial charge is 0.328 e. The average Bonchev–Trinajstić information content (AvgIpc) is 3.07. The Hall–Kier alpha value is -5.06. The van der Waals surface area contributed by atoms with Crippen LogP contribution < -0.4 is 32.3 Å². The highest BCUT2D eigenvalue weighted by atomic mass is 16.5. The third kappa shape index (κ3) is 16.4. The summed E-state index contributed by atoms with van der Waals surface area (Å²) in [6.45, 7) is 9.26. The van der Waals surface area contributed by atoms with Crippen LogP contribution in [0.1, 0.15) is 59.1 Å². The van der Waals surface area contributed by atoms with Crippen LogP contribution in [-0.4, -0.2) is 106 Å². The fourth-order valence-corrected chi connectivity index (χ4v) is 4.99. The summed E-state index contributed by atoms with van der Waals surface area (Å²) < 4.78 is 5.75. The van der Waals surface area contributed by atoms with E-state index in [1.807, 2.05) is 0 Å². The minimum Gasteiger partial charge on any atom is -0.508 e. The van der Waals surface area contributed by atoms with Crippen molar-refractivity contribution in [3.05, 3.63) is 65.7 Å². The Morgan fingerprint density at radius 2 is 1.30 bits per heavy atom. The quantitative estimate of drug-likeness (QED) is 0.0865. The van der Waals surface area contributed by atoms with Crippen molar-refractivity contribution in [3.63, 3.8) is 0 Å². The SMILES string of the molecule is CC(C)C[C@H](NC(=O)[C@H](Cc1ccccc1)NC(=O)CNC(=O)[C@@H](COC(C)(C)C)NC(=O)[C@@H](N)Cc1ccc(O)cc1)C(=O)N[C@H](C(=O)O)C(C)O. The largest absolute Gasteiger partial charge is 0.508 e. The molecule has 0 spiro atoms. The fraction of sp³-hybridized carbons (Fsp3) is 0.514. The zero-order valence-electron chi connectivity index (χ0n) is 31.0. The number of rotatable bonds is 20. The summed E-state index contributed by atoms with van der Waals surface area (Å²) in [5.41, 5.74) is 6.78. The van der Waals surface area contributed by atoms with Gasteiger partial charge in [0.2, 0.25) is 29.5 Å². The minimum atomic E-state index is -1.62. The first-order valence-corrected chi connectivity index (χ1v) is 17.4. The number of aliphatic hydroxyl groups is 1. The van der Waals surface area contributed by atoms with Crippen molar-refractivity contribution in [1.29, 1.82) is 0 Å². The normalized spacial score (nSPS) is 14.8. The van der Waals surface area contributed by atoms with Crippen molar-refractivity contribution in [1.82, 2.24) is 26.6 Å². The van der Waals surface area contributed by atoms with E-state index in [4.69, 9.17) is 10.5 Å². The molecule has 0 aliphatic carbocycles. The lowest BCUT2D eigenvalue weighted by Crippen LogP contribution is -2.59. The van der Waals surface area contributed by atoms with Gasteiger partial charge in [0, 0.05) is 6.42 Å². The van der Waals surface area contributed by atoms with Gasteiger partial charge < -0.3 is 52.4 Å². The van der Waals surface area contributed by atoms with Gasteiger partial charge in [-0.1, -0.05) is 56.3 Å². The number of phenolic OH excluding ortho intramolecular Hbond substituents is 1. The van der Waals surface area contributed by atoms with E-state index in [9.17, 15) is 44.1 Å². The van der Waals surface area contributed by atoms with Gasteiger partial charge in [-0.05, 0) is 69.7 Å². The number of aliphatic hydroxyl groups excluding tert-OH is 1. The number of benzene rings is 2. The van der Waals surface area contributed by atoms with Crippen LogP contribution in [0.2, 0.25) is 0 Å². The topological polar surface area (TPSA) is 259 Å². The summed E-state index contributed by atoms with van der Waals surface area (Å²) in [4.78, 5) is 77.9. The molecule has 0 saturated heterocycles. The number of nitrogens with two attached hydrogens (primary N) is 1. The van der Waals surface area contributed by atoms with Crippen LogP contribution in [-0.2, 0) is 46.3 Å². The zero-order chi connectivity index (χ0) is 39.9. The molecule has 0 bridgehead atoms. The second-order valence-electron chi connectivity index (χ2n) is 14.2. The summed E-state index contributed by atoms with van der Waals surface area (Å²) in [7, 11) is 0. The Balaban J connectivity index is 2.18. The molecule has 292 valence electrons. The molecule has 53 heavy (non-hydrogen) atoms.